The van der Waals surface area contributed by atoms with E-state index in [1.807, 2.05) is 19.1 Å². The number of aryl methyl sites for hydroxylation is 1. The Morgan fingerprint density at radius 2 is 1.70 bits per heavy atom. The minimum atomic E-state index is -0.389. The average molecular weight is 409 g/mol. The molecule has 156 valence electrons. The predicted molar refractivity (Wildman–Crippen MR) is 112 cm³/mol. The van der Waals surface area contributed by atoms with E-state index in [0.717, 1.165) is 55.5 Å². The van der Waals surface area contributed by atoms with Gasteiger partial charge in [0, 0.05) is 61.4 Å². The van der Waals surface area contributed by atoms with Crippen LogP contribution in [0.4, 0.5) is 4.39 Å². The van der Waals surface area contributed by atoms with E-state index in [4.69, 9.17) is 9.47 Å². The molecule has 0 atom stereocenters. The van der Waals surface area contributed by atoms with Crippen LogP contribution >= 0.6 is 0 Å². The highest BCUT2D eigenvalue weighted by Crippen LogP contribution is 2.32. The number of halogens is 1. The predicted octanol–water partition coefficient (Wildman–Crippen LogP) is 3.02. The van der Waals surface area contributed by atoms with Crippen LogP contribution in [0.2, 0.25) is 0 Å². The van der Waals surface area contributed by atoms with Crippen LogP contribution in [0.3, 0.4) is 0 Å². The maximum absolute atomic E-state index is 13.6. The van der Waals surface area contributed by atoms with Gasteiger partial charge in [-0.3, -0.25) is 14.6 Å². The molecule has 0 saturated carbocycles. The normalized spacial score (nSPS) is 17.0. The van der Waals surface area contributed by atoms with Crippen LogP contribution in [0.5, 0.6) is 11.5 Å². The average Bonchev–Trinajstić information content (AvgIpc) is 3.21. The number of aromatic nitrogens is 1. The zero-order chi connectivity index (χ0) is 20.7. The first-order chi connectivity index (χ1) is 14.6. The second kappa shape index (κ2) is 7.74. The zero-order valence-corrected chi connectivity index (χ0v) is 16.9. The number of nitrogens with zero attached hydrogens (tertiary/aromatic N) is 2. The molecule has 3 heterocycles. The molecule has 7 heteroatoms. The topological polar surface area (TPSA) is 57.8 Å². The molecule has 6 nitrogen and oxygen atoms in total. The summed E-state index contributed by atoms with van der Waals surface area (Å²) in [6.07, 6.45) is 0. The van der Waals surface area contributed by atoms with Crippen molar-refractivity contribution in [2.24, 2.45) is 0 Å². The standard InChI is InChI=1S/C23H24FN3O3/c1-15-19(23(28)18-11-17(24)3-4-20(18)25-15)13-27-8-6-26(7-9-27)12-16-2-5-21-22(10-16)30-14-29-21/h2-5,10-11H,6-9,12-14H2,1H3,(H,25,28). The van der Waals surface area contributed by atoms with Gasteiger partial charge in [-0.05, 0) is 42.8 Å². The fraction of sp³-hybridized carbons (Fsp3) is 0.348. The summed E-state index contributed by atoms with van der Waals surface area (Å²) in [5, 5.41) is 0.414. The van der Waals surface area contributed by atoms with Gasteiger partial charge in [-0.1, -0.05) is 6.07 Å². The zero-order valence-electron chi connectivity index (χ0n) is 16.9. The van der Waals surface area contributed by atoms with Gasteiger partial charge in [0.2, 0.25) is 6.79 Å². The maximum atomic E-state index is 13.6. The number of rotatable bonds is 4. The van der Waals surface area contributed by atoms with Crippen molar-refractivity contribution < 1.29 is 13.9 Å². The third-order valence-corrected chi connectivity index (χ3v) is 5.96. The van der Waals surface area contributed by atoms with Crippen molar-refractivity contribution in [2.75, 3.05) is 33.0 Å². The van der Waals surface area contributed by atoms with Crippen molar-refractivity contribution in [3.8, 4) is 11.5 Å². The quantitative estimate of drug-likeness (QED) is 0.718. The van der Waals surface area contributed by atoms with Gasteiger partial charge in [0.05, 0.1) is 0 Å². The van der Waals surface area contributed by atoms with Gasteiger partial charge in [0.1, 0.15) is 5.82 Å². The molecular formula is C23H24FN3O3. The summed E-state index contributed by atoms with van der Waals surface area (Å²) in [5.74, 6) is 1.23. The lowest BCUT2D eigenvalue weighted by Crippen LogP contribution is -2.46. The summed E-state index contributed by atoms with van der Waals surface area (Å²) in [6, 6.07) is 10.4. The van der Waals surface area contributed by atoms with Crippen molar-refractivity contribution in [1.82, 2.24) is 14.8 Å². The van der Waals surface area contributed by atoms with Crippen LogP contribution in [-0.4, -0.2) is 47.8 Å². The van der Waals surface area contributed by atoms with E-state index in [0.29, 0.717) is 17.4 Å². The number of aromatic amines is 1. The van der Waals surface area contributed by atoms with E-state index in [-0.39, 0.29) is 18.0 Å². The van der Waals surface area contributed by atoms with E-state index >= 15 is 0 Å². The number of piperazine rings is 1. The third kappa shape index (κ3) is 3.66. The van der Waals surface area contributed by atoms with E-state index in [1.165, 1.54) is 17.7 Å². The number of H-pyrrole nitrogens is 1. The number of ether oxygens (including phenoxy) is 2. The van der Waals surface area contributed by atoms with Crippen LogP contribution in [0.25, 0.3) is 10.9 Å². The highest BCUT2D eigenvalue weighted by atomic mass is 19.1. The van der Waals surface area contributed by atoms with Crippen LogP contribution in [-0.2, 0) is 13.1 Å². The summed E-state index contributed by atoms with van der Waals surface area (Å²) < 4.78 is 24.5. The van der Waals surface area contributed by atoms with Crippen molar-refractivity contribution in [3.63, 3.8) is 0 Å². The Balaban J connectivity index is 1.25. The molecular weight excluding hydrogens is 385 g/mol. The lowest BCUT2D eigenvalue weighted by atomic mass is 10.1. The summed E-state index contributed by atoms with van der Waals surface area (Å²) in [6.45, 7) is 7.24. The molecule has 1 N–H and O–H groups in total. The van der Waals surface area contributed by atoms with Crippen molar-refractivity contribution in [3.05, 3.63) is 69.3 Å². The largest absolute Gasteiger partial charge is 0.454 e. The molecule has 3 aromatic rings. The van der Waals surface area contributed by atoms with Gasteiger partial charge in [-0.2, -0.15) is 0 Å². The number of nitrogens with one attached hydrogen (secondary N) is 1. The molecule has 0 unspecified atom stereocenters. The van der Waals surface area contributed by atoms with Crippen LogP contribution in [0.15, 0.2) is 41.2 Å². The molecule has 2 aliphatic rings. The lowest BCUT2D eigenvalue weighted by molar-refractivity contribution is 0.121. The highest BCUT2D eigenvalue weighted by molar-refractivity contribution is 5.79. The summed E-state index contributed by atoms with van der Waals surface area (Å²) in [4.78, 5) is 20.9. The highest BCUT2D eigenvalue weighted by Gasteiger charge is 2.21. The minimum absolute atomic E-state index is 0.0801. The molecule has 5 rings (SSSR count). The second-order valence-electron chi connectivity index (χ2n) is 7.99. The first-order valence-electron chi connectivity index (χ1n) is 10.2. The molecule has 1 saturated heterocycles. The molecule has 0 bridgehead atoms. The fourth-order valence-electron chi connectivity index (χ4n) is 4.24. The summed E-state index contributed by atoms with van der Waals surface area (Å²) >= 11 is 0. The van der Waals surface area contributed by atoms with E-state index < -0.39 is 0 Å². The SMILES string of the molecule is Cc1[nH]c2ccc(F)cc2c(=O)c1CN1CCN(Cc2ccc3c(c2)OCO3)CC1. The Hall–Kier alpha value is -2.90. The molecule has 1 fully saturated rings. The Labute approximate surface area is 173 Å². The summed E-state index contributed by atoms with van der Waals surface area (Å²) in [7, 11) is 0. The van der Waals surface area contributed by atoms with Gasteiger partial charge in [0.15, 0.2) is 16.9 Å². The van der Waals surface area contributed by atoms with E-state index in [2.05, 4.69) is 20.9 Å². The first kappa shape index (κ1) is 19.1. The van der Waals surface area contributed by atoms with Crippen LogP contribution in [0, 0.1) is 12.7 Å². The Kier molecular flexibility index (Phi) is 4.92. The lowest BCUT2D eigenvalue weighted by Gasteiger charge is -2.34. The first-order valence-corrected chi connectivity index (χ1v) is 10.2. The number of fused-ring (bicyclic) bond motifs is 2. The minimum Gasteiger partial charge on any atom is -0.454 e. The van der Waals surface area contributed by atoms with Gasteiger partial charge < -0.3 is 14.5 Å². The van der Waals surface area contributed by atoms with E-state index in [1.54, 1.807) is 6.07 Å². The van der Waals surface area contributed by atoms with Gasteiger partial charge in [-0.25, -0.2) is 4.39 Å². The van der Waals surface area contributed by atoms with Gasteiger partial charge in [-0.15, -0.1) is 0 Å². The number of hydrogen-bond donors (Lipinski definition) is 1. The molecule has 0 spiro atoms. The monoisotopic (exact) mass is 409 g/mol. The van der Waals surface area contributed by atoms with Crippen LogP contribution < -0.4 is 14.9 Å². The molecule has 1 aromatic heterocycles. The van der Waals surface area contributed by atoms with Crippen molar-refractivity contribution in [2.45, 2.75) is 20.0 Å². The number of hydrogen-bond acceptors (Lipinski definition) is 5. The van der Waals surface area contributed by atoms with Gasteiger partial charge >= 0.3 is 0 Å². The summed E-state index contributed by atoms with van der Waals surface area (Å²) in [5.41, 5.74) is 3.37. The van der Waals surface area contributed by atoms with Crippen molar-refractivity contribution in [1.29, 1.82) is 0 Å². The Bertz CT molecular complexity index is 1150. The number of pyridine rings is 1. The molecule has 30 heavy (non-hydrogen) atoms. The maximum Gasteiger partial charge on any atom is 0.231 e. The van der Waals surface area contributed by atoms with E-state index in [9.17, 15) is 9.18 Å². The number of benzene rings is 2. The fourth-order valence-corrected chi connectivity index (χ4v) is 4.24. The van der Waals surface area contributed by atoms with Crippen LogP contribution in [0.1, 0.15) is 16.8 Å². The molecule has 2 aliphatic heterocycles. The smallest absolute Gasteiger partial charge is 0.231 e. The Morgan fingerprint density at radius 3 is 2.50 bits per heavy atom. The van der Waals surface area contributed by atoms with Gasteiger partial charge in [0.25, 0.3) is 0 Å². The van der Waals surface area contributed by atoms with Crippen molar-refractivity contribution >= 4 is 10.9 Å². The molecule has 0 radical (unpaired) electrons. The second-order valence-corrected chi connectivity index (χ2v) is 7.99. The molecule has 0 aliphatic carbocycles. The Morgan fingerprint density at radius 1 is 0.967 bits per heavy atom. The molecule has 2 aromatic carbocycles. The molecule has 0 amide bonds. The third-order valence-electron chi connectivity index (χ3n) is 5.96.